The molecular weight excluding hydrogens is 352 g/mol. The molecule has 0 saturated heterocycles. The molecule has 28 heavy (non-hydrogen) atoms. The number of carbonyl (C=O) groups is 2. The molecular formula is C24H46O4. The lowest BCUT2D eigenvalue weighted by molar-refractivity contribution is -0.155. The van der Waals surface area contributed by atoms with Crippen LogP contribution in [0.15, 0.2) is 0 Å². The predicted molar refractivity (Wildman–Crippen MR) is 116 cm³/mol. The number of ether oxygens (including phenoxy) is 2. The Morgan fingerprint density at radius 1 is 0.571 bits per heavy atom. The molecule has 0 N–H and O–H groups in total. The summed E-state index contributed by atoms with van der Waals surface area (Å²) >= 11 is 0. The molecule has 4 nitrogen and oxygen atoms in total. The van der Waals surface area contributed by atoms with Gasteiger partial charge < -0.3 is 9.47 Å². The summed E-state index contributed by atoms with van der Waals surface area (Å²) in [5.41, 5.74) is -0.705. The molecule has 0 saturated carbocycles. The molecule has 0 aliphatic carbocycles. The number of rotatable bonds is 17. The largest absolute Gasteiger partial charge is 0.465 e. The zero-order chi connectivity index (χ0) is 21.5. The molecule has 0 bridgehead atoms. The van der Waals surface area contributed by atoms with Gasteiger partial charge in [-0.3, -0.25) is 9.59 Å². The number of hydrogen-bond acceptors (Lipinski definition) is 4. The zero-order valence-electron chi connectivity index (χ0n) is 19.5. The van der Waals surface area contributed by atoms with E-state index in [0.29, 0.717) is 13.2 Å². The van der Waals surface area contributed by atoms with E-state index in [1.54, 1.807) is 0 Å². The van der Waals surface area contributed by atoms with Crippen molar-refractivity contribution in [2.45, 2.75) is 119 Å². The van der Waals surface area contributed by atoms with Crippen LogP contribution in [0, 0.1) is 10.8 Å². The second-order valence-electron chi connectivity index (χ2n) is 9.37. The molecule has 0 aromatic carbocycles. The predicted octanol–water partition coefficient (Wildman–Crippen LogP) is 6.85. The SMILES string of the molecule is CCCC(C)(C)C(=O)OCCCCCCCCCCOC(=O)C(C)(C)CCC. The van der Waals surface area contributed by atoms with Gasteiger partial charge in [-0.15, -0.1) is 0 Å². The molecule has 0 spiro atoms. The van der Waals surface area contributed by atoms with Gasteiger partial charge in [-0.2, -0.15) is 0 Å². The molecule has 0 amide bonds. The molecule has 4 heteroatoms. The summed E-state index contributed by atoms with van der Waals surface area (Å²) in [5.74, 6) is -0.124. The number of esters is 2. The van der Waals surface area contributed by atoms with E-state index in [4.69, 9.17) is 9.47 Å². The highest BCUT2D eigenvalue weighted by Crippen LogP contribution is 2.25. The Kier molecular flexibility index (Phi) is 14.3. The first kappa shape index (κ1) is 26.9. The highest BCUT2D eigenvalue weighted by atomic mass is 16.5. The van der Waals surface area contributed by atoms with E-state index < -0.39 is 0 Å². The third-order valence-corrected chi connectivity index (χ3v) is 5.36. The van der Waals surface area contributed by atoms with Gasteiger partial charge in [0.05, 0.1) is 24.0 Å². The molecule has 0 aromatic rings. The van der Waals surface area contributed by atoms with Crippen LogP contribution in [0.1, 0.15) is 119 Å². The van der Waals surface area contributed by atoms with E-state index in [1.807, 2.05) is 27.7 Å². The highest BCUT2D eigenvalue weighted by molar-refractivity contribution is 5.76. The Morgan fingerprint density at radius 3 is 1.14 bits per heavy atom. The summed E-state index contributed by atoms with van der Waals surface area (Å²) in [5, 5.41) is 0. The van der Waals surface area contributed by atoms with Gasteiger partial charge in [0.1, 0.15) is 0 Å². The Labute approximate surface area is 174 Å². The molecule has 166 valence electrons. The van der Waals surface area contributed by atoms with E-state index in [-0.39, 0.29) is 22.8 Å². The zero-order valence-corrected chi connectivity index (χ0v) is 19.5. The van der Waals surface area contributed by atoms with Gasteiger partial charge in [-0.25, -0.2) is 0 Å². The minimum absolute atomic E-state index is 0.0619. The van der Waals surface area contributed by atoms with Gasteiger partial charge in [0.15, 0.2) is 0 Å². The second kappa shape index (κ2) is 14.9. The lowest BCUT2D eigenvalue weighted by Gasteiger charge is -2.21. The van der Waals surface area contributed by atoms with Crippen molar-refractivity contribution in [3.8, 4) is 0 Å². The summed E-state index contributed by atoms with van der Waals surface area (Å²) in [7, 11) is 0. The molecule has 0 rings (SSSR count). The van der Waals surface area contributed by atoms with Crippen LogP contribution in [-0.2, 0) is 19.1 Å². The summed E-state index contributed by atoms with van der Waals surface area (Å²) in [4.78, 5) is 24.0. The maximum atomic E-state index is 12.0. The fraction of sp³-hybridized carbons (Fsp3) is 0.917. The molecule has 0 heterocycles. The van der Waals surface area contributed by atoms with Crippen molar-refractivity contribution < 1.29 is 19.1 Å². The van der Waals surface area contributed by atoms with Crippen molar-refractivity contribution in [3.63, 3.8) is 0 Å². The van der Waals surface area contributed by atoms with Crippen LogP contribution >= 0.6 is 0 Å². The summed E-state index contributed by atoms with van der Waals surface area (Å²) < 4.78 is 10.8. The maximum Gasteiger partial charge on any atom is 0.311 e. The number of unbranched alkanes of at least 4 members (excludes halogenated alkanes) is 7. The van der Waals surface area contributed by atoms with Crippen molar-refractivity contribution >= 4 is 11.9 Å². The van der Waals surface area contributed by atoms with Crippen molar-refractivity contribution in [2.24, 2.45) is 10.8 Å². The van der Waals surface area contributed by atoms with E-state index in [0.717, 1.165) is 51.4 Å². The van der Waals surface area contributed by atoms with Gasteiger partial charge in [-0.1, -0.05) is 65.2 Å². The van der Waals surface area contributed by atoms with Gasteiger partial charge >= 0.3 is 11.9 Å². The lowest BCUT2D eigenvalue weighted by Crippen LogP contribution is -2.26. The Balaban J connectivity index is 3.50. The average Bonchev–Trinajstić information content (AvgIpc) is 2.62. The first-order chi connectivity index (χ1) is 13.2. The van der Waals surface area contributed by atoms with Gasteiger partial charge in [0.25, 0.3) is 0 Å². The first-order valence-electron chi connectivity index (χ1n) is 11.5. The van der Waals surface area contributed by atoms with E-state index in [2.05, 4.69) is 13.8 Å². The fourth-order valence-corrected chi connectivity index (χ4v) is 3.44. The first-order valence-corrected chi connectivity index (χ1v) is 11.5. The van der Waals surface area contributed by atoms with Crippen molar-refractivity contribution in [1.82, 2.24) is 0 Å². The van der Waals surface area contributed by atoms with Crippen LogP contribution < -0.4 is 0 Å². The molecule has 0 aliphatic rings. The summed E-state index contributed by atoms with van der Waals surface area (Å²) in [6.07, 6.45) is 12.7. The third kappa shape index (κ3) is 12.4. The molecule has 0 aromatic heterocycles. The quantitative estimate of drug-likeness (QED) is 0.199. The lowest BCUT2D eigenvalue weighted by atomic mass is 9.88. The van der Waals surface area contributed by atoms with Gasteiger partial charge in [0, 0.05) is 0 Å². The van der Waals surface area contributed by atoms with Crippen LogP contribution in [0.5, 0.6) is 0 Å². The van der Waals surface area contributed by atoms with Gasteiger partial charge in [-0.05, 0) is 53.4 Å². The third-order valence-electron chi connectivity index (χ3n) is 5.36. The molecule has 0 radical (unpaired) electrons. The van der Waals surface area contributed by atoms with Crippen molar-refractivity contribution in [3.05, 3.63) is 0 Å². The van der Waals surface area contributed by atoms with Gasteiger partial charge in [0.2, 0.25) is 0 Å². The number of hydrogen-bond donors (Lipinski definition) is 0. The van der Waals surface area contributed by atoms with Crippen LogP contribution in [0.25, 0.3) is 0 Å². The van der Waals surface area contributed by atoms with Crippen molar-refractivity contribution in [1.29, 1.82) is 0 Å². The monoisotopic (exact) mass is 398 g/mol. The Morgan fingerprint density at radius 2 is 0.857 bits per heavy atom. The average molecular weight is 399 g/mol. The van der Waals surface area contributed by atoms with Crippen LogP contribution in [0.2, 0.25) is 0 Å². The van der Waals surface area contributed by atoms with Crippen LogP contribution in [-0.4, -0.2) is 25.2 Å². The normalized spacial score (nSPS) is 12.1. The molecule has 0 atom stereocenters. The number of carbonyl (C=O) groups excluding carboxylic acids is 2. The summed E-state index contributed by atoms with van der Waals surface area (Å²) in [6, 6.07) is 0. The smallest absolute Gasteiger partial charge is 0.311 e. The highest BCUT2D eigenvalue weighted by Gasteiger charge is 2.28. The Hall–Kier alpha value is -1.06. The maximum absolute atomic E-state index is 12.0. The molecule has 0 aliphatic heterocycles. The van der Waals surface area contributed by atoms with E-state index >= 15 is 0 Å². The fourth-order valence-electron chi connectivity index (χ4n) is 3.44. The standard InChI is InChI=1S/C24H46O4/c1-7-17-23(3,4)21(25)27-19-15-13-11-9-10-12-14-16-20-28-22(26)24(5,6)18-8-2/h7-20H2,1-6H3. The Bertz CT molecular complexity index is 386. The van der Waals surface area contributed by atoms with Crippen LogP contribution in [0.4, 0.5) is 0 Å². The van der Waals surface area contributed by atoms with Crippen molar-refractivity contribution in [2.75, 3.05) is 13.2 Å². The molecule has 0 unspecified atom stereocenters. The summed E-state index contributed by atoms with van der Waals surface area (Å²) in [6.45, 7) is 13.1. The minimum atomic E-state index is -0.352. The second-order valence-corrected chi connectivity index (χ2v) is 9.37. The molecule has 0 fully saturated rings. The van der Waals surface area contributed by atoms with Crippen LogP contribution in [0.3, 0.4) is 0 Å². The minimum Gasteiger partial charge on any atom is -0.465 e. The van der Waals surface area contributed by atoms with E-state index in [1.165, 1.54) is 25.7 Å². The topological polar surface area (TPSA) is 52.6 Å². The van der Waals surface area contributed by atoms with E-state index in [9.17, 15) is 9.59 Å².